The lowest BCUT2D eigenvalue weighted by Gasteiger charge is -2.07. The Morgan fingerprint density at radius 3 is 2.50 bits per heavy atom. The maximum absolute atomic E-state index is 12.5. The summed E-state index contributed by atoms with van der Waals surface area (Å²) in [6, 6.07) is 2.50. The van der Waals surface area contributed by atoms with Gasteiger partial charge in [-0.3, -0.25) is 10.1 Å². The van der Waals surface area contributed by atoms with E-state index < -0.39 is 22.4 Å². The Bertz CT molecular complexity index is 472. The van der Waals surface area contributed by atoms with Crippen molar-refractivity contribution < 1.29 is 18.1 Å². The zero-order valence-electron chi connectivity index (χ0n) is 9.15. The second-order valence-electron chi connectivity index (χ2n) is 3.48. The summed E-state index contributed by atoms with van der Waals surface area (Å²) in [5.74, 6) is 0.553. The normalized spacial score (nSPS) is 12.0. The number of allylic oxidation sites excluding steroid dienone is 1. The van der Waals surface area contributed by atoms with Gasteiger partial charge in [0, 0.05) is 12.1 Å². The first-order chi connectivity index (χ1) is 8.34. The van der Waals surface area contributed by atoms with Crippen molar-refractivity contribution >= 4 is 24.4 Å². The number of nitro benzene ring substituents is 1. The van der Waals surface area contributed by atoms with Gasteiger partial charge >= 0.3 is 6.18 Å². The van der Waals surface area contributed by atoms with Crippen LogP contribution in [0, 0.1) is 10.1 Å². The molecule has 0 heterocycles. The fraction of sp³-hybridized carbons (Fsp3) is 0.273. The molecule has 0 amide bonds. The van der Waals surface area contributed by atoms with E-state index in [0.717, 1.165) is 12.1 Å². The lowest BCUT2D eigenvalue weighted by atomic mass is 10.1. The minimum atomic E-state index is -4.60. The summed E-state index contributed by atoms with van der Waals surface area (Å²) in [7, 11) is 0. The Hall–Kier alpha value is -1.50. The molecule has 0 bridgehead atoms. The van der Waals surface area contributed by atoms with Crippen LogP contribution in [0.1, 0.15) is 17.5 Å². The summed E-state index contributed by atoms with van der Waals surface area (Å²) in [5, 5.41) is 10.6. The minimum Gasteiger partial charge on any atom is -0.258 e. The van der Waals surface area contributed by atoms with Crippen molar-refractivity contribution in [3.05, 3.63) is 45.5 Å². The van der Waals surface area contributed by atoms with Gasteiger partial charge in [-0.05, 0) is 23.8 Å². The standard InChI is InChI=1S/C11H10F3NO2S/c12-11(13,14)9-5-8(3-1-2-4-18)6-10(7-9)15(16)17/h1,3,5-7,18H,2,4H2. The SMILES string of the molecule is O=[N+]([O-])c1cc(C=CCCS)cc(C(F)(F)F)c1. The number of non-ortho nitro benzene ring substituents is 1. The predicted molar refractivity (Wildman–Crippen MR) is 65.6 cm³/mol. The second-order valence-corrected chi connectivity index (χ2v) is 3.93. The number of alkyl halides is 3. The average Bonchev–Trinajstić information content (AvgIpc) is 2.28. The highest BCUT2D eigenvalue weighted by Gasteiger charge is 2.32. The lowest BCUT2D eigenvalue weighted by molar-refractivity contribution is -0.385. The van der Waals surface area contributed by atoms with E-state index in [1.807, 2.05) is 0 Å². The number of nitrogens with zero attached hydrogens (tertiary/aromatic N) is 1. The summed E-state index contributed by atoms with van der Waals surface area (Å²) in [6.45, 7) is 0. The molecule has 18 heavy (non-hydrogen) atoms. The summed E-state index contributed by atoms with van der Waals surface area (Å²) in [5.41, 5.74) is -1.45. The average molecular weight is 277 g/mol. The Balaban J connectivity index is 3.18. The van der Waals surface area contributed by atoms with Gasteiger partial charge in [-0.15, -0.1) is 0 Å². The molecular weight excluding hydrogens is 267 g/mol. The third-order valence-electron chi connectivity index (χ3n) is 2.08. The van der Waals surface area contributed by atoms with Gasteiger partial charge in [-0.25, -0.2) is 0 Å². The molecule has 0 aliphatic carbocycles. The van der Waals surface area contributed by atoms with E-state index in [1.54, 1.807) is 6.08 Å². The molecule has 7 heteroatoms. The number of thiol groups is 1. The van der Waals surface area contributed by atoms with Gasteiger partial charge in [0.05, 0.1) is 10.5 Å². The molecule has 0 fully saturated rings. The first-order valence-corrected chi connectivity index (χ1v) is 5.62. The maximum Gasteiger partial charge on any atom is 0.416 e. The van der Waals surface area contributed by atoms with Gasteiger partial charge in [0.1, 0.15) is 0 Å². The monoisotopic (exact) mass is 277 g/mol. The van der Waals surface area contributed by atoms with Gasteiger partial charge in [0.25, 0.3) is 5.69 Å². The van der Waals surface area contributed by atoms with E-state index in [4.69, 9.17) is 0 Å². The van der Waals surface area contributed by atoms with Crippen LogP contribution < -0.4 is 0 Å². The minimum absolute atomic E-state index is 0.151. The van der Waals surface area contributed by atoms with Crippen LogP contribution in [-0.2, 0) is 6.18 Å². The van der Waals surface area contributed by atoms with Crippen molar-refractivity contribution in [3.8, 4) is 0 Å². The Labute approximate surface area is 107 Å². The van der Waals surface area contributed by atoms with Gasteiger partial charge in [-0.1, -0.05) is 12.2 Å². The van der Waals surface area contributed by atoms with Gasteiger partial charge in [-0.2, -0.15) is 25.8 Å². The molecule has 0 radical (unpaired) electrons. The molecule has 98 valence electrons. The van der Waals surface area contributed by atoms with Gasteiger partial charge < -0.3 is 0 Å². The zero-order chi connectivity index (χ0) is 13.8. The Kier molecular flexibility index (Phi) is 4.77. The van der Waals surface area contributed by atoms with Crippen molar-refractivity contribution in [1.82, 2.24) is 0 Å². The number of nitro groups is 1. The van der Waals surface area contributed by atoms with E-state index in [0.29, 0.717) is 18.2 Å². The number of halogens is 3. The van der Waals surface area contributed by atoms with Crippen LogP contribution >= 0.6 is 12.6 Å². The van der Waals surface area contributed by atoms with E-state index in [-0.39, 0.29) is 5.56 Å². The maximum atomic E-state index is 12.5. The molecule has 1 rings (SSSR count). The molecule has 0 spiro atoms. The van der Waals surface area contributed by atoms with Gasteiger partial charge in [0.15, 0.2) is 0 Å². The highest BCUT2D eigenvalue weighted by atomic mass is 32.1. The van der Waals surface area contributed by atoms with Crippen LogP contribution in [0.2, 0.25) is 0 Å². The number of rotatable bonds is 4. The summed E-state index contributed by atoms with van der Waals surface area (Å²) >= 11 is 3.95. The Morgan fingerprint density at radius 1 is 1.33 bits per heavy atom. The van der Waals surface area contributed by atoms with E-state index in [9.17, 15) is 23.3 Å². The number of benzene rings is 1. The fourth-order valence-electron chi connectivity index (χ4n) is 1.29. The fourth-order valence-corrected chi connectivity index (χ4v) is 1.44. The molecule has 0 aliphatic rings. The van der Waals surface area contributed by atoms with Crippen molar-refractivity contribution in [3.63, 3.8) is 0 Å². The summed E-state index contributed by atoms with van der Waals surface area (Å²) in [6.07, 6.45) is -0.990. The van der Waals surface area contributed by atoms with Crippen molar-refractivity contribution in [2.45, 2.75) is 12.6 Å². The van der Waals surface area contributed by atoms with E-state index in [2.05, 4.69) is 12.6 Å². The molecule has 0 N–H and O–H groups in total. The second kappa shape index (κ2) is 5.90. The topological polar surface area (TPSA) is 43.1 Å². The molecule has 0 saturated carbocycles. The summed E-state index contributed by atoms with van der Waals surface area (Å²) in [4.78, 5) is 9.72. The van der Waals surface area contributed by atoms with Crippen molar-refractivity contribution in [2.75, 3.05) is 5.75 Å². The van der Waals surface area contributed by atoms with Crippen molar-refractivity contribution in [1.29, 1.82) is 0 Å². The van der Waals surface area contributed by atoms with Crippen LogP contribution in [0.4, 0.5) is 18.9 Å². The molecule has 0 atom stereocenters. The van der Waals surface area contributed by atoms with E-state index >= 15 is 0 Å². The molecular formula is C11H10F3NO2S. The first kappa shape index (κ1) is 14.6. The quantitative estimate of drug-likeness (QED) is 0.514. The molecule has 0 saturated heterocycles. The third-order valence-corrected chi connectivity index (χ3v) is 2.34. The molecule has 1 aromatic carbocycles. The highest BCUT2D eigenvalue weighted by Crippen LogP contribution is 2.32. The smallest absolute Gasteiger partial charge is 0.258 e. The van der Waals surface area contributed by atoms with Crippen LogP contribution in [0.5, 0.6) is 0 Å². The predicted octanol–water partition coefficient (Wildman–Crippen LogP) is 3.95. The molecule has 1 aromatic rings. The molecule has 0 unspecified atom stereocenters. The largest absolute Gasteiger partial charge is 0.416 e. The third kappa shape index (κ3) is 4.06. The van der Waals surface area contributed by atoms with E-state index in [1.165, 1.54) is 6.08 Å². The van der Waals surface area contributed by atoms with Gasteiger partial charge in [0.2, 0.25) is 0 Å². The van der Waals surface area contributed by atoms with Crippen molar-refractivity contribution in [2.24, 2.45) is 0 Å². The molecule has 0 aromatic heterocycles. The number of hydrogen-bond donors (Lipinski definition) is 1. The Morgan fingerprint density at radius 2 is 2.00 bits per heavy atom. The lowest BCUT2D eigenvalue weighted by Crippen LogP contribution is -2.06. The first-order valence-electron chi connectivity index (χ1n) is 4.98. The van der Waals surface area contributed by atoms with Crippen LogP contribution in [0.15, 0.2) is 24.3 Å². The van der Waals surface area contributed by atoms with Crippen LogP contribution in [0.25, 0.3) is 6.08 Å². The summed E-state index contributed by atoms with van der Waals surface area (Å²) < 4.78 is 37.6. The highest BCUT2D eigenvalue weighted by molar-refractivity contribution is 7.80. The van der Waals surface area contributed by atoms with Crippen LogP contribution in [-0.4, -0.2) is 10.7 Å². The molecule has 3 nitrogen and oxygen atoms in total. The van der Waals surface area contributed by atoms with Crippen LogP contribution in [0.3, 0.4) is 0 Å². The zero-order valence-corrected chi connectivity index (χ0v) is 10.0. The number of hydrogen-bond acceptors (Lipinski definition) is 3. The molecule has 0 aliphatic heterocycles.